The summed E-state index contributed by atoms with van der Waals surface area (Å²) >= 11 is 0. The van der Waals surface area contributed by atoms with Gasteiger partial charge in [-0.2, -0.15) is 0 Å². The molecule has 0 spiro atoms. The number of amides is 2. The number of carbonyl (C=O) groups is 2. The highest BCUT2D eigenvalue weighted by atomic mass is 16.2. The summed E-state index contributed by atoms with van der Waals surface area (Å²) in [5.74, 6) is 1.99. The van der Waals surface area contributed by atoms with Crippen molar-refractivity contribution >= 4 is 22.8 Å². The lowest BCUT2D eigenvalue weighted by Crippen LogP contribution is -2.51. The molecule has 1 saturated carbocycles. The summed E-state index contributed by atoms with van der Waals surface area (Å²) in [6.45, 7) is 6.82. The number of aromatic amines is 1. The minimum absolute atomic E-state index is 0.131. The second kappa shape index (κ2) is 6.74. The smallest absolute Gasteiger partial charge is 0.227 e. The summed E-state index contributed by atoms with van der Waals surface area (Å²) in [6, 6.07) is 5.99. The molecule has 2 aliphatic rings. The average molecular weight is 354 g/mol. The Bertz CT molecular complexity index is 829. The van der Waals surface area contributed by atoms with Crippen molar-refractivity contribution in [3.63, 3.8) is 0 Å². The van der Waals surface area contributed by atoms with Crippen LogP contribution in [0.5, 0.6) is 0 Å². The van der Waals surface area contributed by atoms with E-state index in [-0.39, 0.29) is 17.7 Å². The van der Waals surface area contributed by atoms with Crippen molar-refractivity contribution in [1.82, 2.24) is 19.8 Å². The van der Waals surface area contributed by atoms with E-state index in [2.05, 4.69) is 23.8 Å². The minimum Gasteiger partial charge on any atom is -0.342 e. The fourth-order valence-electron chi connectivity index (χ4n) is 3.51. The van der Waals surface area contributed by atoms with Gasteiger partial charge in [0.25, 0.3) is 0 Å². The van der Waals surface area contributed by atoms with Crippen LogP contribution in [0.25, 0.3) is 11.0 Å². The van der Waals surface area contributed by atoms with Crippen molar-refractivity contribution in [1.29, 1.82) is 0 Å². The first-order chi connectivity index (χ1) is 12.5. The maximum atomic E-state index is 12.6. The number of hydrogen-bond donors (Lipinski definition) is 1. The van der Waals surface area contributed by atoms with Gasteiger partial charge in [-0.15, -0.1) is 0 Å². The third kappa shape index (κ3) is 3.45. The van der Waals surface area contributed by atoms with E-state index < -0.39 is 0 Å². The number of hydrogen-bond acceptors (Lipinski definition) is 3. The monoisotopic (exact) mass is 354 g/mol. The van der Waals surface area contributed by atoms with Crippen molar-refractivity contribution in [2.45, 2.75) is 39.0 Å². The van der Waals surface area contributed by atoms with Crippen LogP contribution in [0, 0.1) is 5.92 Å². The molecule has 1 aliphatic carbocycles. The van der Waals surface area contributed by atoms with Crippen molar-refractivity contribution in [2.24, 2.45) is 5.92 Å². The molecule has 2 heterocycles. The molecule has 1 aromatic carbocycles. The van der Waals surface area contributed by atoms with Gasteiger partial charge in [-0.3, -0.25) is 9.59 Å². The Hall–Kier alpha value is -2.37. The van der Waals surface area contributed by atoms with E-state index in [1.165, 1.54) is 0 Å². The van der Waals surface area contributed by atoms with Gasteiger partial charge in [0.05, 0.1) is 17.5 Å². The van der Waals surface area contributed by atoms with Crippen LogP contribution in [0.4, 0.5) is 0 Å². The SMILES string of the molecule is CC(C)c1nc2ccc(CC(=O)N3CCN(C(=O)C4CC4)CC3)cc2[nH]1. The molecule has 138 valence electrons. The number of piperazine rings is 1. The van der Waals surface area contributed by atoms with Crippen LogP contribution >= 0.6 is 0 Å². The summed E-state index contributed by atoms with van der Waals surface area (Å²) < 4.78 is 0. The van der Waals surface area contributed by atoms with Crippen molar-refractivity contribution in [3.05, 3.63) is 29.6 Å². The van der Waals surface area contributed by atoms with Crippen LogP contribution in [0.3, 0.4) is 0 Å². The summed E-state index contributed by atoms with van der Waals surface area (Å²) in [7, 11) is 0. The van der Waals surface area contributed by atoms with E-state index in [1.54, 1.807) is 0 Å². The van der Waals surface area contributed by atoms with E-state index in [0.717, 1.165) is 35.3 Å². The number of fused-ring (bicyclic) bond motifs is 1. The number of H-pyrrole nitrogens is 1. The average Bonchev–Trinajstić information content (AvgIpc) is 3.40. The molecule has 0 unspecified atom stereocenters. The van der Waals surface area contributed by atoms with E-state index in [0.29, 0.717) is 38.5 Å². The first-order valence-corrected chi connectivity index (χ1v) is 9.56. The van der Waals surface area contributed by atoms with Crippen LogP contribution in [-0.4, -0.2) is 57.8 Å². The lowest BCUT2D eigenvalue weighted by atomic mass is 10.1. The molecule has 4 rings (SSSR count). The van der Waals surface area contributed by atoms with E-state index in [1.807, 2.05) is 28.0 Å². The standard InChI is InChI=1S/C20H26N4O2/c1-13(2)19-21-16-6-3-14(11-17(16)22-19)12-18(25)23-7-9-24(10-8-23)20(26)15-4-5-15/h3,6,11,13,15H,4-5,7-10,12H2,1-2H3,(H,21,22). The summed E-state index contributed by atoms with van der Waals surface area (Å²) in [5.41, 5.74) is 2.92. The largest absolute Gasteiger partial charge is 0.342 e. The third-order valence-electron chi connectivity index (χ3n) is 5.34. The zero-order chi connectivity index (χ0) is 18.3. The Morgan fingerprint density at radius 3 is 2.50 bits per heavy atom. The molecular formula is C20H26N4O2. The number of aromatic nitrogens is 2. The first kappa shape index (κ1) is 17.1. The van der Waals surface area contributed by atoms with Crippen LogP contribution in [0.2, 0.25) is 0 Å². The third-order valence-corrected chi connectivity index (χ3v) is 5.34. The quantitative estimate of drug-likeness (QED) is 0.916. The number of nitrogens with zero attached hydrogens (tertiary/aromatic N) is 3. The molecule has 0 radical (unpaired) electrons. The highest BCUT2D eigenvalue weighted by Crippen LogP contribution is 2.31. The van der Waals surface area contributed by atoms with E-state index in [9.17, 15) is 9.59 Å². The normalized spacial score (nSPS) is 18.0. The maximum absolute atomic E-state index is 12.6. The van der Waals surface area contributed by atoms with Gasteiger partial charge in [-0.25, -0.2) is 4.98 Å². The lowest BCUT2D eigenvalue weighted by Gasteiger charge is -2.35. The first-order valence-electron chi connectivity index (χ1n) is 9.56. The predicted molar refractivity (Wildman–Crippen MR) is 99.8 cm³/mol. The number of benzene rings is 1. The summed E-state index contributed by atoms with van der Waals surface area (Å²) in [5, 5.41) is 0. The van der Waals surface area contributed by atoms with Crippen molar-refractivity contribution < 1.29 is 9.59 Å². The van der Waals surface area contributed by atoms with E-state index in [4.69, 9.17) is 0 Å². The van der Waals surface area contributed by atoms with Gasteiger partial charge in [0.15, 0.2) is 0 Å². The molecule has 1 aliphatic heterocycles. The zero-order valence-corrected chi connectivity index (χ0v) is 15.5. The van der Waals surface area contributed by atoms with Crippen LogP contribution in [0.1, 0.15) is 44.0 Å². The fourth-order valence-corrected chi connectivity index (χ4v) is 3.51. The molecule has 26 heavy (non-hydrogen) atoms. The highest BCUT2D eigenvalue weighted by Gasteiger charge is 2.35. The van der Waals surface area contributed by atoms with Gasteiger partial charge in [-0.1, -0.05) is 19.9 Å². The maximum Gasteiger partial charge on any atom is 0.227 e. The Kier molecular flexibility index (Phi) is 4.42. The highest BCUT2D eigenvalue weighted by molar-refractivity contribution is 5.83. The Labute approximate surface area is 153 Å². The lowest BCUT2D eigenvalue weighted by molar-refractivity contribution is -0.140. The molecule has 0 atom stereocenters. The topological polar surface area (TPSA) is 69.3 Å². The predicted octanol–water partition coefficient (Wildman–Crippen LogP) is 2.31. The molecule has 2 aromatic rings. The molecule has 1 saturated heterocycles. The number of imidazole rings is 1. The van der Waals surface area contributed by atoms with Gasteiger partial charge in [0.2, 0.25) is 11.8 Å². The number of nitrogens with one attached hydrogen (secondary N) is 1. The number of rotatable bonds is 4. The fraction of sp³-hybridized carbons (Fsp3) is 0.550. The Balaban J connectivity index is 1.37. The minimum atomic E-state index is 0.131. The van der Waals surface area contributed by atoms with Gasteiger partial charge in [-0.05, 0) is 30.5 Å². The molecule has 2 fully saturated rings. The molecule has 2 amide bonds. The summed E-state index contributed by atoms with van der Waals surface area (Å²) in [6.07, 6.45) is 2.46. The Morgan fingerprint density at radius 1 is 1.15 bits per heavy atom. The van der Waals surface area contributed by atoms with Crippen molar-refractivity contribution in [3.8, 4) is 0 Å². The number of carbonyl (C=O) groups excluding carboxylic acids is 2. The van der Waals surface area contributed by atoms with Gasteiger partial charge < -0.3 is 14.8 Å². The van der Waals surface area contributed by atoms with Gasteiger partial charge in [0, 0.05) is 38.0 Å². The molecule has 6 heteroatoms. The van der Waals surface area contributed by atoms with Crippen LogP contribution < -0.4 is 0 Å². The second-order valence-electron chi connectivity index (χ2n) is 7.79. The van der Waals surface area contributed by atoms with Crippen molar-refractivity contribution in [2.75, 3.05) is 26.2 Å². The summed E-state index contributed by atoms with van der Waals surface area (Å²) in [4.78, 5) is 36.5. The molecule has 6 nitrogen and oxygen atoms in total. The molecule has 0 bridgehead atoms. The molecule has 1 aromatic heterocycles. The van der Waals surface area contributed by atoms with E-state index >= 15 is 0 Å². The van der Waals surface area contributed by atoms with Crippen LogP contribution in [0.15, 0.2) is 18.2 Å². The second-order valence-corrected chi connectivity index (χ2v) is 7.79. The van der Waals surface area contributed by atoms with Gasteiger partial charge in [0.1, 0.15) is 5.82 Å². The zero-order valence-electron chi connectivity index (χ0n) is 15.5. The molecule has 1 N–H and O–H groups in total. The molecular weight excluding hydrogens is 328 g/mol. The van der Waals surface area contributed by atoms with Crippen LogP contribution in [-0.2, 0) is 16.0 Å². The van der Waals surface area contributed by atoms with Gasteiger partial charge >= 0.3 is 0 Å². The Morgan fingerprint density at radius 2 is 1.85 bits per heavy atom.